The van der Waals surface area contributed by atoms with Crippen molar-refractivity contribution in [3.8, 4) is 11.5 Å². The molecule has 0 radical (unpaired) electrons. The SMILES string of the molecule is COc1ccc(CNCC(=O)N2CCCC2)cc1O. The Hall–Kier alpha value is -1.75. The quantitative estimate of drug-likeness (QED) is 0.836. The number of ether oxygens (including phenoxy) is 1. The Kier molecular flexibility index (Phi) is 4.63. The Morgan fingerprint density at radius 3 is 2.79 bits per heavy atom. The van der Waals surface area contributed by atoms with Crippen LogP contribution in [-0.2, 0) is 11.3 Å². The number of methoxy groups -OCH3 is 1. The number of carbonyl (C=O) groups excluding carboxylic acids is 1. The van der Waals surface area contributed by atoms with Gasteiger partial charge in [-0.25, -0.2) is 0 Å². The van der Waals surface area contributed by atoms with Crippen molar-refractivity contribution >= 4 is 5.91 Å². The van der Waals surface area contributed by atoms with Gasteiger partial charge in [-0.3, -0.25) is 4.79 Å². The van der Waals surface area contributed by atoms with E-state index in [0.717, 1.165) is 31.5 Å². The van der Waals surface area contributed by atoms with Crippen LogP contribution in [0.3, 0.4) is 0 Å². The highest BCUT2D eigenvalue weighted by Gasteiger charge is 2.16. The molecule has 0 saturated carbocycles. The van der Waals surface area contributed by atoms with Crippen LogP contribution in [0.25, 0.3) is 0 Å². The third-order valence-corrected chi connectivity index (χ3v) is 3.31. The molecule has 1 heterocycles. The minimum Gasteiger partial charge on any atom is -0.504 e. The lowest BCUT2D eigenvalue weighted by Gasteiger charge is -2.15. The van der Waals surface area contributed by atoms with Crippen molar-refractivity contribution in [2.45, 2.75) is 19.4 Å². The van der Waals surface area contributed by atoms with Crippen molar-refractivity contribution in [1.29, 1.82) is 0 Å². The third kappa shape index (κ3) is 3.61. The number of carbonyl (C=O) groups is 1. The fraction of sp³-hybridized carbons (Fsp3) is 0.500. The molecule has 5 heteroatoms. The van der Waals surface area contributed by atoms with Crippen LogP contribution in [0.4, 0.5) is 0 Å². The summed E-state index contributed by atoms with van der Waals surface area (Å²) in [5.41, 5.74) is 0.924. The first kappa shape index (κ1) is 13.7. The number of aromatic hydroxyl groups is 1. The van der Waals surface area contributed by atoms with Crippen LogP contribution in [0.5, 0.6) is 11.5 Å². The molecule has 2 N–H and O–H groups in total. The van der Waals surface area contributed by atoms with Crippen molar-refractivity contribution in [2.24, 2.45) is 0 Å². The molecule has 1 aliphatic rings. The largest absolute Gasteiger partial charge is 0.504 e. The molecule has 0 aromatic heterocycles. The predicted molar refractivity (Wildman–Crippen MR) is 72.2 cm³/mol. The van der Waals surface area contributed by atoms with Crippen molar-refractivity contribution < 1.29 is 14.6 Å². The van der Waals surface area contributed by atoms with Gasteiger partial charge < -0.3 is 20.1 Å². The van der Waals surface area contributed by atoms with Crippen LogP contribution in [0.2, 0.25) is 0 Å². The first-order chi connectivity index (χ1) is 9.20. The van der Waals surface area contributed by atoms with E-state index in [1.165, 1.54) is 7.11 Å². The lowest BCUT2D eigenvalue weighted by Crippen LogP contribution is -2.35. The normalized spacial score (nSPS) is 14.7. The molecular weight excluding hydrogens is 244 g/mol. The summed E-state index contributed by atoms with van der Waals surface area (Å²) in [7, 11) is 1.52. The second-order valence-corrected chi connectivity index (χ2v) is 4.70. The van der Waals surface area contributed by atoms with Gasteiger partial charge >= 0.3 is 0 Å². The lowest BCUT2D eigenvalue weighted by molar-refractivity contribution is -0.129. The van der Waals surface area contributed by atoms with Gasteiger partial charge in [-0.05, 0) is 30.5 Å². The summed E-state index contributed by atoms with van der Waals surface area (Å²) in [6, 6.07) is 5.23. The van der Waals surface area contributed by atoms with E-state index in [2.05, 4.69) is 5.32 Å². The molecule has 19 heavy (non-hydrogen) atoms. The zero-order chi connectivity index (χ0) is 13.7. The molecule has 1 aromatic rings. The van der Waals surface area contributed by atoms with Gasteiger partial charge in [0.2, 0.25) is 5.91 Å². The predicted octanol–water partition coefficient (Wildman–Crippen LogP) is 1.11. The first-order valence-electron chi connectivity index (χ1n) is 6.55. The molecule has 1 aliphatic heterocycles. The summed E-state index contributed by atoms with van der Waals surface area (Å²) in [4.78, 5) is 13.7. The number of nitrogens with one attached hydrogen (secondary N) is 1. The van der Waals surface area contributed by atoms with Crippen molar-refractivity contribution in [3.63, 3.8) is 0 Å². The summed E-state index contributed by atoms with van der Waals surface area (Å²) in [5, 5.41) is 12.7. The molecule has 1 saturated heterocycles. The highest BCUT2D eigenvalue weighted by molar-refractivity contribution is 5.78. The fourth-order valence-corrected chi connectivity index (χ4v) is 2.24. The van der Waals surface area contributed by atoms with Gasteiger partial charge in [0.25, 0.3) is 0 Å². The average Bonchev–Trinajstić information content (AvgIpc) is 2.93. The number of benzene rings is 1. The number of hydrogen-bond donors (Lipinski definition) is 2. The molecular formula is C14H20N2O3. The molecule has 5 nitrogen and oxygen atoms in total. The van der Waals surface area contributed by atoms with Crippen LogP contribution in [0.15, 0.2) is 18.2 Å². The number of phenolic OH excluding ortho intramolecular Hbond substituents is 1. The summed E-state index contributed by atoms with van der Waals surface area (Å²) in [6.45, 7) is 2.65. The van der Waals surface area contributed by atoms with Crippen LogP contribution >= 0.6 is 0 Å². The molecule has 0 unspecified atom stereocenters. The van der Waals surface area contributed by atoms with Gasteiger partial charge in [0.05, 0.1) is 13.7 Å². The molecule has 104 valence electrons. The fourth-order valence-electron chi connectivity index (χ4n) is 2.24. The van der Waals surface area contributed by atoms with E-state index >= 15 is 0 Å². The van der Waals surface area contributed by atoms with E-state index in [1.54, 1.807) is 12.1 Å². The Labute approximate surface area is 113 Å². The van der Waals surface area contributed by atoms with E-state index < -0.39 is 0 Å². The highest BCUT2D eigenvalue weighted by atomic mass is 16.5. The van der Waals surface area contributed by atoms with Gasteiger partial charge in [-0.1, -0.05) is 6.07 Å². The molecule has 1 amide bonds. The van der Waals surface area contributed by atoms with Gasteiger partial charge in [0.1, 0.15) is 0 Å². The number of rotatable bonds is 5. The van der Waals surface area contributed by atoms with E-state index in [1.807, 2.05) is 11.0 Å². The number of hydrogen-bond acceptors (Lipinski definition) is 4. The molecule has 1 fully saturated rings. The number of nitrogens with zero attached hydrogens (tertiary/aromatic N) is 1. The molecule has 2 rings (SSSR count). The first-order valence-corrected chi connectivity index (χ1v) is 6.55. The lowest BCUT2D eigenvalue weighted by atomic mass is 10.2. The topological polar surface area (TPSA) is 61.8 Å². The average molecular weight is 264 g/mol. The smallest absolute Gasteiger partial charge is 0.236 e. The standard InChI is InChI=1S/C14H20N2O3/c1-19-13-5-4-11(8-12(13)17)9-15-10-14(18)16-6-2-3-7-16/h4-5,8,15,17H,2-3,6-7,9-10H2,1H3. The molecule has 1 aromatic carbocycles. The maximum absolute atomic E-state index is 11.8. The van der Waals surface area contributed by atoms with E-state index in [0.29, 0.717) is 18.8 Å². The maximum atomic E-state index is 11.8. The number of phenols is 1. The Balaban J connectivity index is 1.79. The van der Waals surface area contributed by atoms with Gasteiger partial charge in [0, 0.05) is 19.6 Å². The van der Waals surface area contributed by atoms with Gasteiger partial charge in [-0.2, -0.15) is 0 Å². The Morgan fingerprint density at radius 2 is 2.16 bits per heavy atom. The minimum absolute atomic E-state index is 0.118. The molecule has 0 aliphatic carbocycles. The van der Waals surface area contributed by atoms with E-state index in [9.17, 15) is 9.90 Å². The van der Waals surface area contributed by atoms with Crippen LogP contribution in [0.1, 0.15) is 18.4 Å². The second kappa shape index (κ2) is 6.43. The van der Waals surface area contributed by atoms with Crippen molar-refractivity contribution in [3.05, 3.63) is 23.8 Å². The Bertz CT molecular complexity index is 442. The second-order valence-electron chi connectivity index (χ2n) is 4.70. The van der Waals surface area contributed by atoms with E-state index in [-0.39, 0.29) is 11.7 Å². The summed E-state index contributed by atoms with van der Waals surface area (Å²) in [5.74, 6) is 0.722. The number of amides is 1. The van der Waals surface area contributed by atoms with Crippen LogP contribution in [-0.4, -0.2) is 42.7 Å². The summed E-state index contributed by atoms with van der Waals surface area (Å²) < 4.78 is 4.98. The monoisotopic (exact) mass is 264 g/mol. The van der Waals surface area contributed by atoms with Crippen LogP contribution in [0, 0.1) is 0 Å². The van der Waals surface area contributed by atoms with Crippen molar-refractivity contribution in [1.82, 2.24) is 10.2 Å². The molecule has 0 spiro atoms. The minimum atomic E-state index is 0.118. The maximum Gasteiger partial charge on any atom is 0.236 e. The molecule has 0 atom stereocenters. The summed E-state index contributed by atoms with van der Waals surface area (Å²) in [6.07, 6.45) is 2.22. The third-order valence-electron chi connectivity index (χ3n) is 3.31. The molecule has 0 bridgehead atoms. The summed E-state index contributed by atoms with van der Waals surface area (Å²) >= 11 is 0. The van der Waals surface area contributed by atoms with E-state index in [4.69, 9.17) is 4.74 Å². The van der Waals surface area contributed by atoms with Gasteiger partial charge in [0.15, 0.2) is 11.5 Å². The van der Waals surface area contributed by atoms with Gasteiger partial charge in [-0.15, -0.1) is 0 Å². The zero-order valence-electron chi connectivity index (χ0n) is 11.2. The van der Waals surface area contributed by atoms with Crippen molar-refractivity contribution in [2.75, 3.05) is 26.7 Å². The zero-order valence-corrected chi connectivity index (χ0v) is 11.2. The number of likely N-dealkylation sites (tertiary alicyclic amines) is 1. The highest BCUT2D eigenvalue weighted by Crippen LogP contribution is 2.25. The Morgan fingerprint density at radius 1 is 1.42 bits per heavy atom. The van der Waals surface area contributed by atoms with Crippen LogP contribution < -0.4 is 10.1 Å².